The maximum atomic E-state index is 13.8. The molecule has 2 aromatic rings. The average molecular weight is 435 g/mol. The van der Waals surface area contributed by atoms with Gasteiger partial charge in [-0.05, 0) is 48.7 Å². The molecule has 0 spiro atoms. The van der Waals surface area contributed by atoms with Crippen LogP contribution in [0.5, 0.6) is 0 Å². The van der Waals surface area contributed by atoms with Gasteiger partial charge in [0.25, 0.3) is 0 Å². The summed E-state index contributed by atoms with van der Waals surface area (Å²) in [5, 5.41) is 0. The van der Waals surface area contributed by atoms with Gasteiger partial charge in [0.15, 0.2) is 0 Å². The van der Waals surface area contributed by atoms with E-state index in [0.29, 0.717) is 18.4 Å². The number of carbonyl (C=O) groups is 1. The predicted octanol–water partition coefficient (Wildman–Crippen LogP) is 3.31. The minimum atomic E-state index is -3.82. The smallest absolute Gasteiger partial charge is 0.243 e. The molecule has 5 nitrogen and oxygen atoms in total. The van der Waals surface area contributed by atoms with E-state index in [9.17, 15) is 22.0 Å². The number of benzene rings is 2. The van der Waals surface area contributed by atoms with E-state index in [1.807, 2.05) is 0 Å². The number of piperazine rings is 1. The number of rotatable bonds is 4. The number of carbonyl (C=O) groups excluding carboxylic acids is 1. The van der Waals surface area contributed by atoms with Crippen molar-refractivity contribution in [2.45, 2.75) is 36.0 Å². The molecule has 1 aliphatic heterocycles. The highest BCUT2D eigenvalue weighted by molar-refractivity contribution is 7.89. The van der Waals surface area contributed by atoms with E-state index in [1.54, 1.807) is 17.0 Å². The van der Waals surface area contributed by atoms with Crippen molar-refractivity contribution in [3.05, 3.63) is 65.7 Å². The summed E-state index contributed by atoms with van der Waals surface area (Å²) in [6, 6.07) is 11.2. The molecule has 2 aliphatic rings. The minimum absolute atomic E-state index is 0.0617. The van der Waals surface area contributed by atoms with Crippen molar-refractivity contribution in [1.29, 1.82) is 0 Å². The van der Waals surface area contributed by atoms with Crippen LogP contribution in [0.25, 0.3) is 0 Å². The summed E-state index contributed by atoms with van der Waals surface area (Å²) in [4.78, 5) is 15.1. The highest BCUT2D eigenvalue weighted by atomic mass is 32.2. The van der Waals surface area contributed by atoms with Crippen molar-refractivity contribution in [1.82, 2.24) is 9.21 Å². The molecule has 1 saturated heterocycles. The fourth-order valence-corrected chi connectivity index (χ4v) is 6.06. The van der Waals surface area contributed by atoms with Crippen LogP contribution in [0.2, 0.25) is 0 Å². The summed E-state index contributed by atoms with van der Waals surface area (Å²) in [5.41, 5.74) is -0.0501. The van der Waals surface area contributed by atoms with Gasteiger partial charge in [-0.3, -0.25) is 4.79 Å². The molecule has 4 rings (SSSR count). The lowest BCUT2D eigenvalue weighted by atomic mass is 9.77. The van der Waals surface area contributed by atoms with Crippen LogP contribution in [0.15, 0.2) is 53.4 Å². The largest absolute Gasteiger partial charge is 0.339 e. The molecule has 1 saturated carbocycles. The zero-order valence-corrected chi connectivity index (χ0v) is 17.4. The Balaban J connectivity index is 1.51. The van der Waals surface area contributed by atoms with Gasteiger partial charge >= 0.3 is 0 Å². The highest BCUT2D eigenvalue weighted by Crippen LogP contribution is 2.43. The van der Waals surface area contributed by atoms with Crippen LogP contribution < -0.4 is 0 Å². The molecule has 0 unspecified atom stereocenters. The lowest BCUT2D eigenvalue weighted by Crippen LogP contribution is -2.55. The first-order valence-corrected chi connectivity index (χ1v) is 11.6. The second-order valence-electron chi connectivity index (χ2n) is 7.95. The van der Waals surface area contributed by atoms with Crippen molar-refractivity contribution < 1.29 is 22.0 Å². The van der Waals surface area contributed by atoms with Crippen molar-refractivity contribution >= 4 is 15.9 Å². The summed E-state index contributed by atoms with van der Waals surface area (Å²) in [6.45, 7) is 0.794. The van der Waals surface area contributed by atoms with Crippen molar-refractivity contribution in [2.75, 3.05) is 26.2 Å². The van der Waals surface area contributed by atoms with Gasteiger partial charge in [0, 0.05) is 26.2 Å². The van der Waals surface area contributed by atoms with Gasteiger partial charge < -0.3 is 4.90 Å². The second-order valence-corrected chi connectivity index (χ2v) is 9.89. The summed E-state index contributed by atoms with van der Waals surface area (Å²) >= 11 is 0. The van der Waals surface area contributed by atoms with Crippen LogP contribution in [0.3, 0.4) is 0 Å². The van der Waals surface area contributed by atoms with E-state index < -0.39 is 21.3 Å². The summed E-state index contributed by atoms with van der Waals surface area (Å²) in [7, 11) is -3.82. The van der Waals surface area contributed by atoms with Crippen LogP contribution in [0.1, 0.15) is 31.2 Å². The first-order chi connectivity index (χ1) is 14.3. The highest BCUT2D eigenvalue weighted by Gasteiger charge is 2.46. The van der Waals surface area contributed by atoms with Gasteiger partial charge in [-0.25, -0.2) is 17.2 Å². The molecule has 2 aromatic carbocycles. The topological polar surface area (TPSA) is 57.7 Å². The van der Waals surface area contributed by atoms with E-state index in [2.05, 4.69) is 0 Å². The summed E-state index contributed by atoms with van der Waals surface area (Å²) in [6.07, 6.45) is 3.13. The van der Waals surface area contributed by atoms with Crippen LogP contribution in [0, 0.1) is 11.6 Å². The van der Waals surface area contributed by atoms with E-state index in [0.717, 1.165) is 18.9 Å². The first-order valence-electron chi connectivity index (χ1n) is 10.1. The van der Waals surface area contributed by atoms with Gasteiger partial charge in [-0.2, -0.15) is 4.31 Å². The molecule has 1 heterocycles. The third-order valence-electron chi connectivity index (χ3n) is 6.20. The maximum Gasteiger partial charge on any atom is 0.243 e. The molecule has 8 heteroatoms. The van der Waals surface area contributed by atoms with Gasteiger partial charge in [-0.1, -0.05) is 31.0 Å². The van der Waals surface area contributed by atoms with Gasteiger partial charge in [0.1, 0.15) is 11.6 Å². The summed E-state index contributed by atoms with van der Waals surface area (Å²) < 4.78 is 54.2. The Hall–Kier alpha value is -2.32. The maximum absolute atomic E-state index is 13.8. The second kappa shape index (κ2) is 8.07. The average Bonchev–Trinajstić information content (AvgIpc) is 3.24. The van der Waals surface area contributed by atoms with Crippen molar-refractivity contribution in [2.24, 2.45) is 0 Å². The Morgan fingerprint density at radius 3 is 2.07 bits per heavy atom. The number of sulfonamides is 1. The molecule has 1 aliphatic carbocycles. The third-order valence-corrected chi connectivity index (χ3v) is 8.10. The SMILES string of the molecule is O=C(N1CCN(S(=O)(=O)c2cccc(F)c2)CC1)C1(c2cccc(F)c2)CCCC1. The molecular weight excluding hydrogens is 410 g/mol. The van der Waals surface area contributed by atoms with Crippen LogP contribution in [-0.2, 0) is 20.2 Å². The van der Waals surface area contributed by atoms with E-state index in [4.69, 9.17) is 0 Å². The minimum Gasteiger partial charge on any atom is -0.339 e. The van der Waals surface area contributed by atoms with E-state index in [-0.39, 0.29) is 42.8 Å². The molecule has 0 radical (unpaired) electrons. The Morgan fingerprint density at radius 1 is 0.867 bits per heavy atom. The lowest BCUT2D eigenvalue weighted by Gasteiger charge is -2.39. The van der Waals surface area contributed by atoms with Crippen LogP contribution in [0.4, 0.5) is 8.78 Å². The van der Waals surface area contributed by atoms with E-state index in [1.165, 1.54) is 34.6 Å². The molecule has 0 bridgehead atoms. The van der Waals surface area contributed by atoms with Crippen LogP contribution in [-0.4, -0.2) is 49.7 Å². The molecule has 160 valence electrons. The van der Waals surface area contributed by atoms with Gasteiger partial charge in [-0.15, -0.1) is 0 Å². The number of hydrogen-bond donors (Lipinski definition) is 0. The number of amides is 1. The first kappa shape index (κ1) is 20.9. The number of halogens is 2. The zero-order chi connectivity index (χ0) is 21.4. The van der Waals surface area contributed by atoms with Gasteiger partial charge in [0.05, 0.1) is 10.3 Å². The number of hydrogen-bond acceptors (Lipinski definition) is 3. The molecule has 0 aromatic heterocycles. The predicted molar refractivity (Wildman–Crippen MR) is 108 cm³/mol. The number of nitrogens with zero attached hydrogens (tertiary/aromatic N) is 2. The Morgan fingerprint density at radius 2 is 1.47 bits per heavy atom. The van der Waals surface area contributed by atoms with Gasteiger partial charge in [0.2, 0.25) is 15.9 Å². The molecule has 2 fully saturated rings. The molecule has 0 atom stereocenters. The van der Waals surface area contributed by atoms with Crippen molar-refractivity contribution in [3.8, 4) is 0 Å². The fraction of sp³-hybridized carbons (Fsp3) is 0.409. The molecule has 1 amide bonds. The molecule has 30 heavy (non-hydrogen) atoms. The van der Waals surface area contributed by atoms with E-state index >= 15 is 0 Å². The summed E-state index contributed by atoms with van der Waals surface area (Å²) in [5.74, 6) is -1.03. The third kappa shape index (κ3) is 3.74. The lowest BCUT2D eigenvalue weighted by molar-refractivity contribution is -0.138. The van der Waals surface area contributed by atoms with Crippen molar-refractivity contribution in [3.63, 3.8) is 0 Å². The Labute approximate surface area is 175 Å². The normalized spacial score (nSPS) is 19.7. The quantitative estimate of drug-likeness (QED) is 0.742. The van der Waals surface area contributed by atoms with Crippen LogP contribution >= 0.6 is 0 Å². The Kier molecular flexibility index (Phi) is 5.63. The molecular formula is C22H24F2N2O3S. The standard InChI is InChI=1S/C22H24F2N2O3S/c23-18-6-3-5-17(15-18)22(9-1-2-10-22)21(27)25-11-13-26(14-12-25)30(28,29)20-8-4-7-19(24)16-20/h3-8,15-16H,1-2,9-14H2. The Bertz CT molecular complexity index is 1040. The zero-order valence-electron chi connectivity index (χ0n) is 16.6. The molecule has 0 N–H and O–H groups in total. The fourth-order valence-electron chi connectivity index (χ4n) is 4.60. The monoisotopic (exact) mass is 434 g/mol.